The molecule has 42 nitrogen and oxygen atoms in total. The molecule has 8 amide bonds. The van der Waals surface area contributed by atoms with Gasteiger partial charge in [0.15, 0.2) is 23.3 Å². The van der Waals surface area contributed by atoms with Crippen LogP contribution in [0.1, 0.15) is 74.3 Å². The average molecular weight is 1900 g/mol. The standard InChI is InChI=1S/C42H40ClF3N12O9.C21H14ClF3N6O2.C21H26N6O7/c1-54-17-24-14-34(28(43)15-33(24)52-54)48-40-50-41(63)58(42(64)57(40)18-23-13-30(45)31(46)16-29(23)44)20-25-19-55(53-51-25)7-8-65-9-10-66-11-12-67-22-37(60)47-32-4-2-3-26-27(32)21-56(39(26)62)35-5-6-36(59)49-38(35)61;1-3-4-30-20(32)27-19(26-18-6-12-9-29(2)28-17(12)7-13(18)22)31(21(30)33)10-11-5-15(24)16(25)8-14(11)23;22-26-23-6-7-32-8-9-33-10-11-34-13-19(29)24-16-3-1-2-14-15(16)12-27(21(14)31)17-4-5-18(28)25-20(17)30/h2-4,13-17,19,35H,5-12,18,20-22H2,1H3,(H,47,60)(H,48,50,63)(H,49,59,61);1,5-9H,4,10H2,2H3,(H,26,27,32);1-3,17H,4-13H2,(H,24,29)(H,25,28,30). The van der Waals surface area contributed by atoms with E-state index in [0.29, 0.717) is 104 Å². The summed E-state index contributed by atoms with van der Waals surface area (Å²) in [7, 11) is 3.44. The van der Waals surface area contributed by atoms with Crippen molar-refractivity contribution in [1.82, 2.24) is 83.2 Å². The zero-order valence-corrected chi connectivity index (χ0v) is 72.5. The lowest BCUT2D eigenvalue weighted by molar-refractivity contribution is -0.138. The van der Waals surface area contributed by atoms with Crippen LogP contribution in [0, 0.1) is 47.2 Å². The second-order valence-corrected chi connectivity index (χ2v) is 30.8. The van der Waals surface area contributed by atoms with E-state index in [4.69, 9.17) is 63.6 Å². The van der Waals surface area contributed by atoms with Crippen LogP contribution in [0.4, 0.5) is 61.0 Å². The summed E-state index contributed by atoms with van der Waals surface area (Å²) < 4.78 is 124. The lowest BCUT2D eigenvalue weighted by Gasteiger charge is -2.29. The summed E-state index contributed by atoms with van der Waals surface area (Å²) in [5.41, 5.74) is 8.24. The van der Waals surface area contributed by atoms with Crippen molar-refractivity contribution >= 4 is 127 Å². The number of aryl methyl sites for hydroxylation is 2. The third-order valence-electron chi connectivity index (χ3n) is 20.7. The number of halogens is 8. The maximum absolute atomic E-state index is 14.8. The number of anilines is 6. The van der Waals surface area contributed by atoms with Crippen LogP contribution in [0.2, 0.25) is 10.0 Å². The van der Waals surface area contributed by atoms with Crippen molar-refractivity contribution in [3.05, 3.63) is 240 Å². The van der Waals surface area contributed by atoms with E-state index >= 15 is 0 Å². The number of piperidine rings is 2. The van der Waals surface area contributed by atoms with Crippen LogP contribution >= 0.6 is 23.2 Å². The molecule has 0 saturated carbocycles. The van der Waals surface area contributed by atoms with E-state index in [-0.39, 0.29) is 185 Å². The molecule has 4 aliphatic heterocycles. The molecular weight excluding hydrogens is 1820 g/mol. The Morgan fingerprint density at radius 3 is 1.43 bits per heavy atom. The minimum absolute atomic E-state index is 0.102. The number of carbonyl (C=O) groups is 8. The molecule has 700 valence electrons. The highest BCUT2D eigenvalue weighted by molar-refractivity contribution is 6.34. The van der Waals surface area contributed by atoms with Gasteiger partial charge in [0.25, 0.3) is 11.8 Å². The Morgan fingerprint density at radius 1 is 0.537 bits per heavy atom. The maximum Gasteiger partial charge on any atom is 0.355 e. The van der Waals surface area contributed by atoms with Gasteiger partial charge in [-0.3, -0.25) is 67.5 Å². The van der Waals surface area contributed by atoms with Crippen LogP contribution in [0.3, 0.4) is 0 Å². The smallest absolute Gasteiger partial charge is 0.355 e. The second-order valence-electron chi connectivity index (χ2n) is 29.9. The Hall–Kier alpha value is -14.8. The molecule has 4 aliphatic rings. The van der Waals surface area contributed by atoms with Gasteiger partial charge in [0.05, 0.1) is 137 Å². The molecule has 2 fully saturated rings. The van der Waals surface area contributed by atoms with Crippen LogP contribution < -0.4 is 54.7 Å². The lowest BCUT2D eigenvalue weighted by Crippen LogP contribution is -2.52. The van der Waals surface area contributed by atoms with Gasteiger partial charge >= 0.3 is 22.8 Å². The fourth-order valence-corrected chi connectivity index (χ4v) is 14.8. The number of benzene rings is 6. The molecule has 134 heavy (non-hydrogen) atoms. The third kappa shape index (κ3) is 23.9. The van der Waals surface area contributed by atoms with Crippen molar-refractivity contribution in [2.75, 3.05) is 107 Å². The first-order valence-electron chi connectivity index (χ1n) is 40.8. The van der Waals surface area contributed by atoms with E-state index in [2.05, 4.69) is 78.3 Å². The number of fused-ring (bicyclic) bond motifs is 4. The fraction of sp³-hybridized carbons (Fsp3) is 0.333. The van der Waals surface area contributed by atoms with Crippen LogP contribution in [0.25, 0.3) is 32.2 Å². The number of rotatable bonds is 37. The largest absolute Gasteiger partial charge is 0.379 e. The number of ether oxygens (including phenoxy) is 6. The van der Waals surface area contributed by atoms with E-state index in [1.807, 2.05) is 0 Å². The Bertz CT molecular complexity index is 6750. The number of aromatic nitrogens is 13. The number of azide groups is 1. The number of nitrogens with zero attached hydrogens (tertiary/aromatic N) is 18. The van der Waals surface area contributed by atoms with E-state index in [9.17, 15) is 83.9 Å². The summed E-state index contributed by atoms with van der Waals surface area (Å²) in [5, 5.41) is 37.3. The summed E-state index contributed by atoms with van der Waals surface area (Å²) in [5.74, 6) is -9.41. The molecule has 11 aromatic rings. The van der Waals surface area contributed by atoms with Crippen molar-refractivity contribution in [3.8, 4) is 12.3 Å². The minimum atomic E-state index is -1.42. The highest BCUT2D eigenvalue weighted by Crippen LogP contribution is 2.36. The summed E-state index contributed by atoms with van der Waals surface area (Å²) in [6, 6.07) is 16.7. The van der Waals surface area contributed by atoms with Gasteiger partial charge < -0.3 is 59.5 Å². The zero-order chi connectivity index (χ0) is 95.6. The highest BCUT2D eigenvalue weighted by atomic mass is 35.5. The van der Waals surface area contributed by atoms with Crippen molar-refractivity contribution in [2.24, 2.45) is 19.2 Å². The SMILES string of the molecule is C#CCn1c(=O)nc(Nc2cc3cn(C)nc3cc2Cl)n(Cc2cc(F)c(F)cc2F)c1=O.Cn1cc2cc(Nc3nc(=O)n(Cc4cn(CCOCCOCCOCC(=O)Nc5cccc6c5CN(C5CCC(=O)NC5=O)C6=O)nn4)c(=O)n3Cc3cc(F)c(F)cc3F)c(Cl)cc2n1.[N-]=[N+]=NCCOCCOCCOCC(=O)Nc1cccc2c1CN(C1CCC(=O)NC1=O)C2=O. The number of hydrogen-bond donors (Lipinski definition) is 6. The summed E-state index contributed by atoms with van der Waals surface area (Å²) in [6.07, 6.45) is 10.9. The predicted molar refractivity (Wildman–Crippen MR) is 463 cm³/mol. The van der Waals surface area contributed by atoms with Crippen molar-refractivity contribution < 1.29 is 93.1 Å². The molecular formula is C84H80Cl2F6N24O18. The molecule has 50 heteroatoms. The summed E-state index contributed by atoms with van der Waals surface area (Å²) in [6.45, 7) is 0.650. The molecule has 5 aromatic heterocycles. The van der Waals surface area contributed by atoms with Crippen LogP contribution in [0.15, 0.2) is 128 Å². The van der Waals surface area contributed by atoms with E-state index in [1.54, 1.807) is 96.5 Å². The van der Waals surface area contributed by atoms with Gasteiger partial charge in [0.1, 0.15) is 42.6 Å². The molecule has 9 heterocycles. The van der Waals surface area contributed by atoms with Crippen LogP contribution in [0.5, 0.6) is 0 Å². The molecule has 2 unspecified atom stereocenters. The number of carbonyl (C=O) groups excluding carboxylic acids is 8. The highest BCUT2D eigenvalue weighted by Gasteiger charge is 2.42. The molecule has 0 spiro atoms. The molecule has 2 saturated heterocycles. The van der Waals surface area contributed by atoms with Gasteiger partial charge in [0.2, 0.25) is 47.3 Å². The van der Waals surface area contributed by atoms with E-state index in [0.717, 1.165) is 13.7 Å². The van der Waals surface area contributed by atoms with E-state index < -0.39 is 119 Å². The van der Waals surface area contributed by atoms with Crippen molar-refractivity contribution in [1.29, 1.82) is 0 Å². The quantitative estimate of drug-likeness (QED) is 0.00393. The second kappa shape index (κ2) is 44.4. The number of nitrogens with one attached hydrogen (secondary N) is 6. The monoisotopic (exact) mass is 1900 g/mol. The summed E-state index contributed by atoms with van der Waals surface area (Å²) in [4.78, 5) is 164. The molecule has 2 atom stereocenters. The maximum atomic E-state index is 14.8. The number of terminal acetylenes is 1. The number of imide groups is 2. The Kier molecular flexibility index (Phi) is 32.0. The van der Waals surface area contributed by atoms with Crippen LogP contribution in [-0.4, -0.2) is 218 Å². The molecule has 0 bridgehead atoms. The minimum Gasteiger partial charge on any atom is -0.379 e. The first-order chi connectivity index (χ1) is 64.4. The molecule has 0 aliphatic carbocycles. The van der Waals surface area contributed by atoms with Gasteiger partial charge in [-0.1, -0.05) is 51.6 Å². The van der Waals surface area contributed by atoms with Crippen LogP contribution in [-0.2, 0) is 117 Å². The summed E-state index contributed by atoms with van der Waals surface area (Å²) >= 11 is 12.8. The van der Waals surface area contributed by atoms with E-state index in [1.165, 1.54) is 20.7 Å². The van der Waals surface area contributed by atoms with Crippen molar-refractivity contribution in [3.63, 3.8) is 0 Å². The zero-order valence-electron chi connectivity index (χ0n) is 70.9. The third-order valence-corrected chi connectivity index (χ3v) is 21.4. The van der Waals surface area contributed by atoms with Crippen molar-refractivity contribution in [2.45, 2.75) is 83.6 Å². The number of hydrogen-bond acceptors (Lipinski definition) is 27. The molecule has 0 radical (unpaired) electrons. The van der Waals surface area contributed by atoms with Gasteiger partial charge in [-0.2, -0.15) is 20.2 Å². The first-order valence-corrected chi connectivity index (χ1v) is 41.6. The molecule has 15 rings (SSSR count). The van der Waals surface area contributed by atoms with Gasteiger partial charge in [-0.05, 0) is 79.0 Å². The topological polar surface area (TPSA) is 499 Å². The van der Waals surface area contributed by atoms with Gasteiger partial charge in [0, 0.05) is 132 Å². The Morgan fingerprint density at radius 2 is 0.970 bits per heavy atom. The normalized spacial score (nSPS) is 14.5. The fourth-order valence-electron chi connectivity index (χ4n) is 14.4. The Labute approximate surface area is 761 Å². The predicted octanol–water partition coefficient (Wildman–Crippen LogP) is 5.78. The lowest BCUT2D eigenvalue weighted by atomic mass is 10.0. The molecule has 6 aromatic carbocycles. The molecule has 6 N–H and O–H groups in total. The number of amides is 8. The first kappa shape index (κ1) is 96.7. The average Bonchev–Trinajstić information content (AvgIpc) is 1.60. The Balaban J connectivity index is 0.000000190. The van der Waals surface area contributed by atoms with Gasteiger partial charge in [-0.25, -0.2) is 59.3 Å². The van der Waals surface area contributed by atoms with Gasteiger partial charge in [-0.15, -0.1) is 11.5 Å².